The molecule has 0 aliphatic heterocycles. The molecular formula is C27H28N2O6. The number of hydrogen-bond acceptors (Lipinski definition) is 6. The van der Waals surface area contributed by atoms with Gasteiger partial charge in [-0.1, -0.05) is 42.5 Å². The van der Waals surface area contributed by atoms with E-state index in [9.17, 15) is 24.6 Å². The summed E-state index contributed by atoms with van der Waals surface area (Å²) in [5.74, 6) is -1.11. The number of carbonyl (C=O) groups excluding carboxylic acids is 3. The van der Waals surface area contributed by atoms with Gasteiger partial charge in [-0.25, -0.2) is 0 Å². The van der Waals surface area contributed by atoms with Crippen molar-refractivity contribution in [1.82, 2.24) is 10.6 Å². The lowest BCUT2D eigenvalue weighted by Gasteiger charge is -2.24. The number of phenolic OH excluding ortho intramolecular Hbond substituents is 2. The number of hydrogen-bond donors (Lipinski definition) is 4. The molecule has 0 aliphatic carbocycles. The van der Waals surface area contributed by atoms with Crippen molar-refractivity contribution >= 4 is 17.8 Å². The number of amides is 2. The van der Waals surface area contributed by atoms with E-state index in [0.29, 0.717) is 12.0 Å². The second-order valence-electron chi connectivity index (χ2n) is 8.14. The van der Waals surface area contributed by atoms with Gasteiger partial charge in [0.15, 0.2) is 0 Å². The van der Waals surface area contributed by atoms with Gasteiger partial charge in [0.2, 0.25) is 5.91 Å². The Morgan fingerprint density at radius 2 is 1.31 bits per heavy atom. The van der Waals surface area contributed by atoms with E-state index in [2.05, 4.69) is 10.6 Å². The van der Waals surface area contributed by atoms with Crippen LogP contribution in [-0.2, 0) is 27.2 Å². The number of phenols is 2. The van der Waals surface area contributed by atoms with Crippen LogP contribution >= 0.6 is 0 Å². The van der Waals surface area contributed by atoms with Crippen LogP contribution < -0.4 is 10.6 Å². The monoisotopic (exact) mass is 476 g/mol. The summed E-state index contributed by atoms with van der Waals surface area (Å²) in [7, 11) is 0. The van der Waals surface area contributed by atoms with E-state index in [1.165, 1.54) is 31.2 Å². The van der Waals surface area contributed by atoms with Crippen LogP contribution in [0.1, 0.15) is 28.4 Å². The van der Waals surface area contributed by atoms with Crippen LogP contribution in [-0.4, -0.2) is 46.7 Å². The number of aromatic hydroxyl groups is 2. The van der Waals surface area contributed by atoms with E-state index >= 15 is 0 Å². The van der Waals surface area contributed by atoms with Crippen LogP contribution in [0.15, 0.2) is 78.9 Å². The number of rotatable bonds is 10. The maximum atomic E-state index is 13.3. The smallest absolute Gasteiger partial charge is 0.302 e. The summed E-state index contributed by atoms with van der Waals surface area (Å²) < 4.78 is 5.14. The summed E-state index contributed by atoms with van der Waals surface area (Å²) in [5.41, 5.74) is 1.98. The first kappa shape index (κ1) is 25.3. The predicted octanol–water partition coefficient (Wildman–Crippen LogP) is 2.73. The fraction of sp³-hybridized carbons (Fsp3) is 0.222. The molecule has 0 bridgehead atoms. The highest BCUT2D eigenvalue weighted by Gasteiger charge is 2.25. The average molecular weight is 477 g/mol. The van der Waals surface area contributed by atoms with Crippen LogP contribution in [0.4, 0.5) is 0 Å². The Kier molecular flexibility index (Phi) is 8.83. The minimum Gasteiger partial charge on any atom is -0.508 e. The molecule has 2 atom stereocenters. The highest BCUT2D eigenvalue weighted by atomic mass is 16.5. The van der Waals surface area contributed by atoms with Crippen molar-refractivity contribution in [2.45, 2.75) is 31.8 Å². The van der Waals surface area contributed by atoms with Crippen LogP contribution in [0.2, 0.25) is 0 Å². The second kappa shape index (κ2) is 12.2. The van der Waals surface area contributed by atoms with E-state index in [4.69, 9.17) is 4.74 Å². The van der Waals surface area contributed by atoms with Crippen LogP contribution in [0.25, 0.3) is 0 Å². The molecule has 4 N–H and O–H groups in total. The number of ether oxygens (including phenoxy) is 1. The summed E-state index contributed by atoms with van der Waals surface area (Å²) in [6.07, 6.45) is 0.530. The molecule has 0 spiro atoms. The van der Waals surface area contributed by atoms with Gasteiger partial charge in [-0.05, 0) is 53.9 Å². The van der Waals surface area contributed by atoms with Gasteiger partial charge in [0.25, 0.3) is 5.91 Å². The summed E-state index contributed by atoms with van der Waals surface area (Å²) >= 11 is 0. The van der Waals surface area contributed by atoms with Gasteiger partial charge in [-0.15, -0.1) is 0 Å². The minimum atomic E-state index is -0.924. The maximum absolute atomic E-state index is 13.3. The molecule has 0 radical (unpaired) electrons. The third kappa shape index (κ3) is 8.19. The summed E-state index contributed by atoms with van der Waals surface area (Å²) in [5, 5.41) is 24.8. The van der Waals surface area contributed by atoms with Gasteiger partial charge >= 0.3 is 5.97 Å². The first-order valence-electron chi connectivity index (χ1n) is 11.2. The molecule has 0 saturated heterocycles. The van der Waals surface area contributed by atoms with Crippen LogP contribution in [0.5, 0.6) is 11.5 Å². The van der Waals surface area contributed by atoms with Crippen molar-refractivity contribution in [3.05, 3.63) is 95.6 Å². The van der Waals surface area contributed by atoms with Crippen molar-refractivity contribution in [1.29, 1.82) is 0 Å². The Morgan fingerprint density at radius 3 is 1.86 bits per heavy atom. The third-order valence-electron chi connectivity index (χ3n) is 5.29. The molecule has 3 aromatic rings. The minimum absolute atomic E-state index is 0.0550. The largest absolute Gasteiger partial charge is 0.508 e. The van der Waals surface area contributed by atoms with Crippen molar-refractivity contribution < 1.29 is 29.3 Å². The van der Waals surface area contributed by atoms with Gasteiger partial charge in [-0.3, -0.25) is 14.4 Å². The van der Waals surface area contributed by atoms with E-state index in [1.54, 1.807) is 54.6 Å². The Morgan fingerprint density at radius 1 is 0.771 bits per heavy atom. The van der Waals surface area contributed by atoms with Crippen LogP contribution in [0.3, 0.4) is 0 Å². The fourth-order valence-electron chi connectivity index (χ4n) is 3.50. The molecular weight excluding hydrogens is 448 g/mol. The SMILES string of the molecule is CC(=O)OCC(Cc1ccc(O)cc1)NC(=O)C(Cc1ccc(O)cc1)NC(=O)c1ccccc1. The van der Waals surface area contributed by atoms with E-state index in [0.717, 1.165) is 11.1 Å². The molecule has 8 nitrogen and oxygen atoms in total. The quantitative estimate of drug-likeness (QED) is 0.334. The van der Waals surface area contributed by atoms with Gasteiger partial charge in [-0.2, -0.15) is 0 Å². The first-order valence-corrected chi connectivity index (χ1v) is 11.2. The predicted molar refractivity (Wildman–Crippen MR) is 130 cm³/mol. The number of nitrogens with one attached hydrogen (secondary N) is 2. The van der Waals surface area contributed by atoms with Gasteiger partial charge < -0.3 is 25.6 Å². The zero-order chi connectivity index (χ0) is 25.2. The molecule has 3 rings (SSSR count). The Balaban J connectivity index is 1.78. The summed E-state index contributed by atoms with van der Waals surface area (Å²) in [6.45, 7) is 1.23. The molecule has 3 aromatic carbocycles. The van der Waals surface area contributed by atoms with Crippen molar-refractivity contribution in [2.75, 3.05) is 6.61 Å². The van der Waals surface area contributed by atoms with Crippen LogP contribution in [0, 0.1) is 0 Å². The molecule has 35 heavy (non-hydrogen) atoms. The molecule has 8 heteroatoms. The van der Waals surface area contributed by atoms with Crippen molar-refractivity contribution in [3.63, 3.8) is 0 Å². The molecule has 0 fully saturated rings. The topological polar surface area (TPSA) is 125 Å². The lowest BCUT2D eigenvalue weighted by molar-refractivity contribution is -0.142. The second-order valence-corrected chi connectivity index (χ2v) is 8.14. The standard InChI is InChI=1S/C27H28N2O6/c1-18(30)35-17-22(15-19-7-11-23(31)12-8-19)28-27(34)25(16-20-9-13-24(32)14-10-20)29-26(33)21-5-3-2-4-6-21/h2-14,22,25,31-32H,15-17H2,1H3,(H,28,34)(H,29,33). The fourth-order valence-corrected chi connectivity index (χ4v) is 3.50. The van der Waals surface area contributed by atoms with Crippen molar-refractivity contribution in [2.24, 2.45) is 0 Å². The summed E-state index contributed by atoms with van der Waals surface area (Å²) in [4.78, 5) is 37.5. The first-order chi connectivity index (χ1) is 16.8. The number of benzene rings is 3. The van der Waals surface area contributed by atoms with Gasteiger partial charge in [0, 0.05) is 18.9 Å². The molecule has 0 aromatic heterocycles. The zero-order valence-electron chi connectivity index (χ0n) is 19.3. The Hall–Kier alpha value is -4.33. The molecule has 0 heterocycles. The van der Waals surface area contributed by atoms with Gasteiger partial charge in [0.1, 0.15) is 24.1 Å². The normalized spacial score (nSPS) is 12.3. The van der Waals surface area contributed by atoms with Gasteiger partial charge in [0.05, 0.1) is 6.04 Å². The summed E-state index contributed by atoms with van der Waals surface area (Å²) in [6, 6.07) is 20.0. The lowest BCUT2D eigenvalue weighted by Crippen LogP contribution is -2.52. The number of esters is 1. The Bertz CT molecular complexity index is 1130. The molecule has 2 unspecified atom stereocenters. The molecule has 182 valence electrons. The van der Waals surface area contributed by atoms with E-state index in [1.807, 2.05) is 0 Å². The molecule has 0 aliphatic rings. The number of carbonyl (C=O) groups is 3. The molecule has 2 amide bonds. The Labute approximate surface area is 203 Å². The van der Waals surface area contributed by atoms with E-state index in [-0.39, 0.29) is 24.5 Å². The maximum Gasteiger partial charge on any atom is 0.302 e. The van der Waals surface area contributed by atoms with E-state index < -0.39 is 29.9 Å². The highest BCUT2D eigenvalue weighted by molar-refractivity contribution is 5.97. The zero-order valence-corrected chi connectivity index (χ0v) is 19.3. The van der Waals surface area contributed by atoms with Crippen molar-refractivity contribution in [3.8, 4) is 11.5 Å². The molecule has 0 saturated carbocycles. The average Bonchev–Trinajstić information content (AvgIpc) is 2.85. The lowest BCUT2D eigenvalue weighted by atomic mass is 10.0. The third-order valence-corrected chi connectivity index (χ3v) is 5.29. The highest BCUT2D eigenvalue weighted by Crippen LogP contribution is 2.14.